The highest BCUT2D eigenvalue weighted by atomic mass is 19.1. The summed E-state index contributed by atoms with van der Waals surface area (Å²) in [6.07, 6.45) is 2.88. The molecule has 0 radical (unpaired) electrons. The largest absolute Gasteiger partial charge is 0.355 e. The Balaban J connectivity index is 1.22. The minimum absolute atomic E-state index is 0.00356. The molecule has 0 bridgehead atoms. The van der Waals surface area contributed by atoms with Gasteiger partial charge in [-0.1, -0.05) is 49.0 Å². The molecule has 3 aromatic rings. The van der Waals surface area contributed by atoms with E-state index in [2.05, 4.69) is 27.8 Å². The Morgan fingerprint density at radius 2 is 1.61 bits per heavy atom. The normalized spacial score (nSPS) is 17.7. The predicted octanol–water partition coefficient (Wildman–Crippen LogP) is 6.77. The van der Waals surface area contributed by atoms with Crippen LogP contribution in [-0.4, -0.2) is 18.0 Å². The van der Waals surface area contributed by atoms with Crippen LogP contribution in [0.2, 0.25) is 0 Å². The quantitative estimate of drug-likeness (QED) is 0.268. The maximum Gasteiger partial charge on any atom is 0.319 e. The number of anilines is 2. The summed E-state index contributed by atoms with van der Waals surface area (Å²) in [6.45, 7) is 7.99. The number of carbonyl (C=O) groups excluding carboxylic acids is 2. The van der Waals surface area contributed by atoms with Crippen LogP contribution < -0.4 is 21.3 Å². The molecule has 0 saturated heterocycles. The fraction of sp³-hybridized carbons (Fsp3) is 0.290. The van der Waals surface area contributed by atoms with Crippen molar-refractivity contribution in [3.8, 4) is 0 Å². The summed E-state index contributed by atoms with van der Waals surface area (Å²) in [6, 6.07) is 21.4. The van der Waals surface area contributed by atoms with Gasteiger partial charge in [-0.05, 0) is 86.6 Å². The Morgan fingerprint density at radius 3 is 2.26 bits per heavy atom. The maximum atomic E-state index is 13.2. The molecule has 198 valence electrons. The standard InChI is InChI=1S/C31H35FN4O2/c1-20-19-28(17-18-29(20)33-21(2)23-7-5-4-6-8-23)36-31(38)35-27-15-11-25(12-16-27)30(37)34-22(3)24-9-13-26(32)14-10-24/h4-10,13-14,17-19,22,25,27,33H,2,11-12,15-16H2,1,3H3,(H,34,37)(H2,35,36,38)/t22-,25-,27-/m1/s1. The van der Waals surface area contributed by atoms with Crippen LogP contribution in [0.3, 0.4) is 0 Å². The van der Waals surface area contributed by atoms with Crippen LogP contribution >= 0.6 is 0 Å². The number of carbonyl (C=O) groups is 2. The van der Waals surface area contributed by atoms with Crippen molar-refractivity contribution >= 4 is 29.0 Å². The molecule has 4 N–H and O–H groups in total. The molecule has 1 aliphatic carbocycles. The SMILES string of the molecule is C=C(Nc1ccc(NC(=O)N[C@H]2CC[C@H](C(=O)N[C@H](C)c3ccc(F)cc3)CC2)cc1C)c1ccccc1. The zero-order valence-corrected chi connectivity index (χ0v) is 21.9. The number of hydrogen-bond donors (Lipinski definition) is 4. The molecule has 0 aromatic heterocycles. The van der Waals surface area contributed by atoms with Crippen LogP contribution in [0.15, 0.2) is 79.4 Å². The highest BCUT2D eigenvalue weighted by molar-refractivity contribution is 5.90. The van der Waals surface area contributed by atoms with E-state index in [1.54, 1.807) is 12.1 Å². The molecule has 7 heteroatoms. The van der Waals surface area contributed by atoms with E-state index < -0.39 is 0 Å². The lowest BCUT2D eigenvalue weighted by Crippen LogP contribution is -2.42. The summed E-state index contributed by atoms with van der Waals surface area (Å²) >= 11 is 0. The number of benzene rings is 3. The number of urea groups is 1. The van der Waals surface area contributed by atoms with Crippen LogP contribution in [0.25, 0.3) is 5.70 Å². The zero-order valence-electron chi connectivity index (χ0n) is 21.9. The number of nitrogens with one attached hydrogen (secondary N) is 4. The molecule has 1 saturated carbocycles. The molecular formula is C31H35FN4O2. The second-order valence-corrected chi connectivity index (χ2v) is 9.93. The molecule has 0 unspecified atom stereocenters. The van der Waals surface area contributed by atoms with Gasteiger partial charge in [0.2, 0.25) is 5.91 Å². The highest BCUT2D eigenvalue weighted by Gasteiger charge is 2.28. The third-order valence-electron chi connectivity index (χ3n) is 7.05. The molecule has 3 aromatic carbocycles. The molecule has 1 aliphatic rings. The van der Waals surface area contributed by atoms with Gasteiger partial charge in [-0.3, -0.25) is 4.79 Å². The molecule has 6 nitrogen and oxygen atoms in total. The highest BCUT2D eigenvalue weighted by Crippen LogP contribution is 2.27. The molecule has 3 amide bonds. The third kappa shape index (κ3) is 7.22. The second kappa shape index (κ2) is 12.4. The van der Waals surface area contributed by atoms with E-state index in [0.717, 1.165) is 40.9 Å². The van der Waals surface area contributed by atoms with Crippen molar-refractivity contribution in [1.29, 1.82) is 0 Å². The molecule has 0 heterocycles. The van der Waals surface area contributed by atoms with Gasteiger partial charge in [-0.25, -0.2) is 9.18 Å². The van der Waals surface area contributed by atoms with Crippen molar-refractivity contribution < 1.29 is 14.0 Å². The van der Waals surface area contributed by atoms with Crippen LogP contribution in [0.5, 0.6) is 0 Å². The van der Waals surface area contributed by atoms with Gasteiger partial charge >= 0.3 is 6.03 Å². The number of hydrogen-bond acceptors (Lipinski definition) is 3. The zero-order chi connectivity index (χ0) is 27.1. The van der Waals surface area contributed by atoms with Gasteiger partial charge in [0.15, 0.2) is 0 Å². The van der Waals surface area contributed by atoms with E-state index in [4.69, 9.17) is 0 Å². The first-order valence-electron chi connectivity index (χ1n) is 13.0. The minimum Gasteiger partial charge on any atom is -0.355 e. The van der Waals surface area contributed by atoms with E-state index in [-0.39, 0.29) is 35.8 Å². The molecular weight excluding hydrogens is 479 g/mol. The van der Waals surface area contributed by atoms with Crippen LogP contribution in [0.4, 0.5) is 20.6 Å². The van der Waals surface area contributed by atoms with Gasteiger partial charge in [0.1, 0.15) is 5.82 Å². The van der Waals surface area contributed by atoms with E-state index in [0.29, 0.717) is 18.5 Å². The Hall–Kier alpha value is -4.13. The van der Waals surface area contributed by atoms with Gasteiger partial charge in [0.05, 0.1) is 6.04 Å². The average Bonchev–Trinajstić information content (AvgIpc) is 2.91. The van der Waals surface area contributed by atoms with Crippen molar-refractivity contribution in [2.24, 2.45) is 5.92 Å². The van der Waals surface area contributed by atoms with Gasteiger partial charge in [-0.15, -0.1) is 0 Å². The van der Waals surface area contributed by atoms with Crippen molar-refractivity contribution in [1.82, 2.24) is 10.6 Å². The van der Waals surface area contributed by atoms with Gasteiger partial charge in [-0.2, -0.15) is 0 Å². The summed E-state index contributed by atoms with van der Waals surface area (Å²) in [4.78, 5) is 25.4. The van der Waals surface area contributed by atoms with Crippen molar-refractivity contribution in [2.45, 2.75) is 51.6 Å². The predicted molar refractivity (Wildman–Crippen MR) is 151 cm³/mol. The summed E-state index contributed by atoms with van der Waals surface area (Å²) in [7, 11) is 0. The Bertz CT molecular complexity index is 1270. The van der Waals surface area contributed by atoms with Gasteiger partial charge in [0, 0.05) is 29.0 Å². The molecule has 38 heavy (non-hydrogen) atoms. The minimum atomic E-state index is -0.295. The number of rotatable bonds is 8. The lowest BCUT2D eigenvalue weighted by molar-refractivity contribution is -0.126. The van der Waals surface area contributed by atoms with Crippen LogP contribution in [0.1, 0.15) is 55.3 Å². The monoisotopic (exact) mass is 514 g/mol. The summed E-state index contributed by atoms with van der Waals surface area (Å²) in [5.41, 5.74) is 5.31. The summed E-state index contributed by atoms with van der Waals surface area (Å²) in [5, 5.41) is 12.3. The molecule has 0 aliphatic heterocycles. The summed E-state index contributed by atoms with van der Waals surface area (Å²) < 4.78 is 13.2. The fourth-order valence-corrected chi connectivity index (χ4v) is 4.77. The van der Waals surface area contributed by atoms with Gasteiger partial charge in [0.25, 0.3) is 0 Å². The first kappa shape index (κ1) is 26.9. The lowest BCUT2D eigenvalue weighted by Gasteiger charge is -2.29. The fourth-order valence-electron chi connectivity index (χ4n) is 4.77. The van der Waals surface area contributed by atoms with Crippen molar-refractivity contribution in [3.63, 3.8) is 0 Å². The molecule has 1 fully saturated rings. The number of halogens is 1. The molecule has 4 rings (SSSR count). The molecule has 1 atom stereocenters. The van der Waals surface area contributed by atoms with Crippen molar-refractivity contribution in [3.05, 3.63) is 102 Å². The third-order valence-corrected chi connectivity index (χ3v) is 7.05. The molecule has 0 spiro atoms. The van der Waals surface area contributed by atoms with E-state index in [1.165, 1.54) is 12.1 Å². The Kier molecular flexibility index (Phi) is 8.79. The topological polar surface area (TPSA) is 82.3 Å². The lowest BCUT2D eigenvalue weighted by atomic mass is 9.85. The van der Waals surface area contributed by atoms with E-state index in [9.17, 15) is 14.0 Å². The number of amides is 3. The Labute approximate surface area is 223 Å². The first-order chi connectivity index (χ1) is 18.3. The van der Waals surface area contributed by atoms with Gasteiger partial charge < -0.3 is 21.3 Å². The van der Waals surface area contributed by atoms with Crippen molar-refractivity contribution in [2.75, 3.05) is 10.6 Å². The first-order valence-corrected chi connectivity index (χ1v) is 13.0. The average molecular weight is 515 g/mol. The van der Waals surface area contributed by atoms with E-state index >= 15 is 0 Å². The van der Waals surface area contributed by atoms with Crippen LogP contribution in [0, 0.1) is 18.7 Å². The number of aryl methyl sites for hydroxylation is 1. The smallest absolute Gasteiger partial charge is 0.319 e. The second-order valence-electron chi connectivity index (χ2n) is 9.93. The Morgan fingerprint density at radius 1 is 0.921 bits per heavy atom. The maximum absolute atomic E-state index is 13.2. The van der Waals surface area contributed by atoms with Crippen LogP contribution in [-0.2, 0) is 4.79 Å². The van der Waals surface area contributed by atoms with E-state index in [1.807, 2.05) is 62.4 Å². The summed E-state index contributed by atoms with van der Waals surface area (Å²) in [5.74, 6) is -0.382.